The van der Waals surface area contributed by atoms with Gasteiger partial charge in [-0.3, -0.25) is 4.79 Å². The minimum atomic E-state index is -0.534. The lowest BCUT2D eigenvalue weighted by Crippen LogP contribution is -2.38. The number of ether oxygens (including phenoxy) is 1. The molecule has 1 rings (SSSR count). The minimum absolute atomic E-state index is 0.130. The largest absolute Gasteiger partial charge is 0.481 e. The molecule has 1 amide bonds. The molecule has 0 aliphatic carbocycles. The van der Waals surface area contributed by atoms with E-state index < -0.39 is 6.10 Å². The maximum absolute atomic E-state index is 12.0. The van der Waals surface area contributed by atoms with Crippen LogP contribution >= 0.6 is 0 Å². The molecule has 0 saturated heterocycles. The number of carbonyl (C=O) groups excluding carboxylic acids is 1. The maximum atomic E-state index is 12.0. The predicted octanol–water partition coefficient (Wildman–Crippen LogP) is 2.71. The van der Waals surface area contributed by atoms with Crippen molar-refractivity contribution < 1.29 is 14.6 Å². The molecular weight excluding hydrogens is 266 g/mol. The van der Waals surface area contributed by atoms with Crippen LogP contribution in [0.25, 0.3) is 0 Å². The molecule has 0 heterocycles. The summed E-state index contributed by atoms with van der Waals surface area (Å²) in [7, 11) is 0. The summed E-state index contributed by atoms with van der Waals surface area (Å²) >= 11 is 0. The molecule has 0 aliphatic rings. The molecule has 0 fully saturated rings. The topological polar surface area (TPSA) is 58.6 Å². The Kier molecular flexibility index (Phi) is 7.23. The Bertz CT molecular complexity index is 445. The highest BCUT2D eigenvalue weighted by molar-refractivity contribution is 5.80. The summed E-state index contributed by atoms with van der Waals surface area (Å²) < 4.78 is 5.70. The molecule has 2 N–H and O–H groups in total. The monoisotopic (exact) mass is 293 g/mol. The van der Waals surface area contributed by atoms with E-state index in [1.54, 1.807) is 6.92 Å². The normalized spacial score (nSPS) is 13.8. The molecule has 0 saturated carbocycles. The Morgan fingerprint density at radius 3 is 2.62 bits per heavy atom. The zero-order valence-electron chi connectivity index (χ0n) is 13.4. The van der Waals surface area contributed by atoms with Crippen LogP contribution in [0.15, 0.2) is 24.3 Å². The molecule has 1 aromatic rings. The third kappa shape index (κ3) is 6.17. The number of benzene rings is 1. The minimum Gasteiger partial charge on any atom is -0.481 e. The second kappa shape index (κ2) is 8.67. The van der Waals surface area contributed by atoms with Gasteiger partial charge < -0.3 is 15.2 Å². The first kappa shape index (κ1) is 17.5. The van der Waals surface area contributed by atoms with E-state index in [2.05, 4.69) is 25.2 Å². The van der Waals surface area contributed by atoms with Gasteiger partial charge in [-0.1, -0.05) is 32.9 Å². The van der Waals surface area contributed by atoms with Gasteiger partial charge in [0.25, 0.3) is 5.91 Å². The summed E-state index contributed by atoms with van der Waals surface area (Å²) in [5, 5.41) is 11.7. The summed E-state index contributed by atoms with van der Waals surface area (Å²) in [5.41, 5.74) is 1.19. The Morgan fingerprint density at radius 2 is 2.00 bits per heavy atom. The molecule has 4 heteroatoms. The average molecular weight is 293 g/mol. The van der Waals surface area contributed by atoms with E-state index in [1.807, 2.05) is 25.1 Å². The molecule has 0 aromatic heterocycles. The molecule has 0 bridgehead atoms. The first-order valence-corrected chi connectivity index (χ1v) is 7.59. The Balaban J connectivity index is 2.50. The number of rotatable bonds is 8. The summed E-state index contributed by atoms with van der Waals surface area (Å²) in [6, 6.07) is 7.84. The van der Waals surface area contributed by atoms with Gasteiger partial charge >= 0.3 is 0 Å². The lowest BCUT2D eigenvalue weighted by atomic mass is 10.0. The number of nitrogens with one attached hydrogen (secondary N) is 1. The highest BCUT2D eigenvalue weighted by Gasteiger charge is 2.15. The molecule has 4 nitrogen and oxygen atoms in total. The van der Waals surface area contributed by atoms with E-state index in [-0.39, 0.29) is 18.4 Å². The summed E-state index contributed by atoms with van der Waals surface area (Å²) in [6.45, 7) is 8.68. The van der Waals surface area contributed by atoms with Crippen LogP contribution in [0.4, 0.5) is 0 Å². The van der Waals surface area contributed by atoms with E-state index in [9.17, 15) is 4.79 Å². The lowest BCUT2D eigenvalue weighted by Gasteiger charge is -2.17. The van der Waals surface area contributed by atoms with Crippen LogP contribution in [0, 0.1) is 5.92 Å². The second-order valence-corrected chi connectivity index (χ2v) is 5.85. The Hall–Kier alpha value is -1.55. The summed E-state index contributed by atoms with van der Waals surface area (Å²) in [4.78, 5) is 12.0. The molecule has 2 atom stereocenters. The van der Waals surface area contributed by atoms with E-state index in [4.69, 9.17) is 9.84 Å². The van der Waals surface area contributed by atoms with Gasteiger partial charge in [0.1, 0.15) is 5.75 Å². The van der Waals surface area contributed by atoms with Crippen molar-refractivity contribution in [3.63, 3.8) is 0 Å². The van der Waals surface area contributed by atoms with Crippen LogP contribution in [-0.4, -0.2) is 30.3 Å². The van der Waals surface area contributed by atoms with Crippen LogP contribution < -0.4 is 10.1 Å². The van der Waals surface area contributed by atoms with Gasteiger partial charge in [0.2, 0.25) is 0 Å². The van der Waals surface area contributed by atoms with Crippen molar-refractivity contribution in [2.75, 3.05) is 13.2 Å². The molecule has 0 aliphatic heterocycles. The van der Waals surface area contributed by atoms with Gasteiger partial charge in [0.05, 0.1) is 0 Å². The molecule has 1 aromatic carbocycles. The van der Waals surface area contributed by atoms with Gasteiger partial charge in [-0.05, 0) is 42.9 Å². The number of aliphatic hydroxyl groups excluding tert-OH is 1. The Labute approximate surface area is 127 Å². The third-order valence-corrected chi connectivity index (χ3v) is 3.45. The molecule has 21 heavy (non-hydrogen) atoms. The highest BCUT2D eigenvalue weighted by Crippen LogP contribution is 2.20. The summed E-state index contributed by atoms with van der Waals surface area (Å²) in [5.74, 6) is 1.27. The predicted molar refractivity (Wildman–Crippen MR) is 84.5 cm³/mol. The first-order valence-electron chi connectivity index (χ1n) is 7.59. The molecule has 118 valence electrons. The van der Waals surface area contributed by atoms with Crippen LogP contribution in [0.3, 0.4) is 0 Å². The smallest absolute Gasteiger partial charge is 0.260 e. The first-order chi connectivity index (χ1) is 9.93. The van der Waals surface area contributed by atoms with Crippen LogP contribution in [-0.2, 0) is 4.79 Å². The fourth-order valence-corrected chi connectivity index (χ4v) is 1.95. The maximum Gasteiger partial charge on any atom is 0.260 e. The van der Waals surface area contributed by atoms with E-state index in [1.165, 1.54) is 5.56 Å². The lowest BCUT2D eigenvalue weighted by molar-refractivity contribution is -0.127. The van der Waals surface area contributed by atoms with Crippen LogP contribution in [0.2, 0.25) is 0 Å². The molecule has 0 spiro atoms. The SMILES string of the molecule is CC(CCO)CNC(=O)C(C)Oc1cccc(C(C)C)c1. The number of aliphatic hydroxyl groups is 1. The molecule has 0 radical (unpaired) electrons. The highest BCUT2D eigenvalue weighted by atomic mass is 16.5. The van der Waals surface area contributed by atoms with E-state index in [0.717, 1.165) is 0 Å². The van der Waals surface area contributed by atoms with Gasteiger partial charge in [-0.25, -0.2) is 0 Å². The van der Waals surface area contributed by atoms with Gasteiger partial charge in [0.15, 0.2) is 6.10 Å². The third-order valence-electron chi connectivity index (χ3n) is 3.45. The molecule has 2 unspecified atom stereocenters. The Morgan fingerprint density at radius 1 is 1.29 bits per heavy atom. The van der Waals surface area contributed by atoms with Crippen molar-refractivity contribution >= 4 is 5.91 Å². The van der Waals surface area contributed by atoms with Crippen LogP contribution in [0.1, 0.15) is 45.6 Å². The number of hydrogen-bond donors (Lipinski definition) is 2. The van der Waals surface area contributed by atoms with Crippen molar-refractivity contribution in [3.8, 4) is 5.75 Å². The van der Waals surface area contributed by atoms with Crippen molar-refractivity contribution in [1.82, 2.24) is 5.32 Å². The average Bonchev–Trinajstić information content (AvgIpc) is 2.45. The standard InChI is InChI=1S/C17H27NO3/c1-12(2)15-6-5-7-16(10-15)21-14(4)17(20)18-11-13(3)8-9-19/h5-7,10,12-14,19H,8-9,11H2,1-4H3,(H,18,20). The quantitative estimate of drug-likeness (QED) is 0.775. The summed E-state index contributed by atoms with van der Waals surface area (Å²) in [6.07, 6.45) is 0.153. The van der Waals surface area contributed by atoms with Gasteiger partial charge in [-0.15, -0.1) is 0 Å². The van der Waals surface area contributed by atoms with Gasteiger partial charge in [0, 0.05) is 13.2 Å². The number of hydrogen-bond acceptors (Lipinski definition) is 3. The van der Waals surface area contributed by atoms with E-state index >= 15 is 0 Å². The zero-order chi connectivity index (χ0) is 15.8. The number of carbonyl (C=O) groups is 1. The fraction of sp³-hybridized carbons (Fsp3) is 0.588. The van der Waals surface area contributed by atoms with E-state index in [0.29, 0.717) is 24.6 Å². The van der Waals surface area contributed by atoms with Crippen LogP contribution in [0.5, 0.6) is 5.75 Å². The zero-order valence-corrected chi connectivity index (χ0v) is 13.4. The van der Waals surface area contributed by atoms with Crippen molar-refractivity contribution in [2.24, 2.45) is 5.92 Å². The van der Waals surface area contributed by atoms with Gasteiger partial charge in [-0.2, -0.15) is 0 Å². The fourth-order valence-electron chi connectivity index (χ4n) is 1.95. The van der Waals surface area contributed by atoms with Crippen molar-refractivity contribution in [2.45, 2.75) is 46.1 Å². The molecular formula is C17H27NO3. The van der Waals surface area contributed by atoms with Crippen molar-refractivity contribution in [1.29, 1.82) is 0 Å². The number of amides is 1. The second-order valence-electron chi connectivity index (χ2n) is 5.85. The van der Waals surface area contributed by atoms with Crippen molar-refractivity contribution in [3.05, 3.63) is 29.8 Å².